The molecule has 0 heterocycles. The number of hydrogen-bond donors (Lipinski definition) is 1. The summed E-state index contributed by atoms with van der Waals surface area (Å²) in [5.41, 5.74) is 0.696. The largest absolute Gasteiger partial charge is 0.480 e. The molecule has 0 radical (unpaired) electrons. The molecule has 0 amide bonds. The van der Waals surface area contributed by atoms with Gasteiger partial charge < -0.3 is 9.90 Å². The SMILES string of the molecule is C=Cc1ccc(S(=O)(=O)C(C=O)C(=O)O)cc1. The quantitative estimate of drug-likeness (QED) is 0.619. The molecule has 0 aliphatic carbocycles. The number of carbonyl (C=O) groups excluding carboxylic acids is 1. The van der Waals surface area contributed by atoms with E-state index >= 15 is 0 Å². The van der Waals surface area contributed by atoms with Gasteiger partial charge in [0, 0.05) is 0 Å². The van der Waals surface area contributed by atoms with Crippen molar-refractivity contribution < 1.29 is 23.1 Å². The van der Waals surface area contributed by atoms with E-state index < -0.39 is 21.1 Å². The molecule has 0 aromatic heterocycles. The van der Waals surface area contributed by atoms with Crippen LogP contribution in [0.2, 0.25) is 0 Å². The average molecular weight is 254 g/mol. The lowest BCUT2D eigenvalue weighted by Crippen LogP contribution is -2.31. The first-order valence-corrected chi connectivity index (χ1v) is 6.12. The summed E-state index contributed by atoms with van der Waals surface area (Å²) in [4.78, 5) is 21.0. The van der Waals surface area contributed by atoms with Crippen molar-refractivity contribution in [2.75, 3.05) is 0 Å². The van der Waals surface area contributed by atoms with Crippen LogP contribution in [0.4, 0.5) is 0 Å². The van der Waals surface area contributed by atoms with Crippen LogP contribution in [-0.2, 0) is 19.4 Å². The fraction of sp³-hybridized carbons (Fsp3) is 0.0909. The van der Waals surface area contributed by atoms with E-state index in [-0.39, 0.29) is 11.2 Å². The predicted molar refractivity (Wildman–Crippen MR) is 61.2 cm³/mol. The summed E-state index contributed by atoms with van der Waals surface area (Å²) in [6.07, 6.45) is 1.42. The number of carboxylic acid groups (broad SMARTS) is 1. The van der Waals surface area contributed by atoms with E-state index in [4.69, 9.17) is 5.11 Å². The van der Waals surface area contributed by atoms with Gasteiger partial charge in [-0.05, 0) is 17.7 Å². The molecular weight excluding hydrogens is 244 g/mol. The van der Waals surface area contributed by atoms with Crippen LogP contribution in [0.25, 0.3) is 6.08 Å². The van der Waals surface area contributed by atoms with Gasteiger partial charge in [0.1, 0.15) is 6.29 Å². The lowest BCUT2D eigenvalue weighted by Gasteiger charge is -2.07. The second kappa shape index (κ2) is 4.92. The van der Waals surface area contributed by atoms with Gasteiger partial charge in [0.15, 0.2) is 9.84 Å². The zero-order valence-corrected chi connectivity index (χ0v) is 9.55. The summed E-state index contributed by atoms with van der Waals surface area (Å²) in [6, 6.07) is 5.44. The number of benzene rings is 1. The van der Waals surface area contributed by atoms with Crippen LogP contribution in [0.1, 0.15) is 5.56 Å². The van der Waals surface area contributed by atoms with Crippen LogP contribution in [0.15, 0.2) is 35.7 Å². The molecule has 6 heteroatoms. The minimum absolute atomic E-state index is 0.0981. The highest BCUT2D eigenvalue weighted by Crippen LogP contribution is 2.16. The fourth-order valence-corrected chi connectivity index (χ4v) is 2.42. The molecule has 1 aromatic carbocycles. The average Bonchev–Trinajstić information content (AvgIpc) is 2.29. The monoisotopic (exact) mass is 254 g/mol. The van der Waals surface area contributed by atoms with E-state index in [9.17, 15) is 18.0 Å². The maximum Gasteiger partial charge on any atom is 0.329 e. The summed E-state index contributed by atoms with van der Waals surface area (Å²) < 4.78 is 23.5. The molecule has 0 aliphatic rings. The second-order valence-electron chi connectivity index (χ2n) is 3.21. The van der Waals surface area contributed by atoms with Crippen molar-refractivity contribution in [1.29, 1.82) is 0 Å². The Morgan fingerprint density at radius 3 is 2.18 bits per heavy atom. The van der Waals surface area contributed by atoms with E-state index in [1.807, 2.05) is 0 Å². The first kappa shape index (κ1) is 13.1. The molecule has 0 fully saturated rings. The molecule has 0 aliphatic heterocycles. The summed E-state index contributed by atoms with van der Waals surface area (Å²) in [6.45, 7) is 3.50. The highest BCUT2D eigenvalue weighted by molar-refractivity contribution is 7.93. The molecule has 1 atom stereocenters. The predicted octanol–water partition coefficient (Wildman–Crippen LogP) is 0.755. The van der Waals surface area contributed by atoms with Gasteiger partial charge in [-0.25, -0.2) is 8.42 Å². The Hall–Kier alpha value is -1.95. The maximum absolute atomic E-state index is 11.8. The molecule has 1 rings (SSSR count). The highest BCUT2D eigenvalue weighted by Gasteiger charge is 2.33. The van der Waals surface area contributed by atoms with Gasteiger partial charge in [-0.15, -0.1) is 0 Å². The number of hydrogen-bond acceptors (Lipinski definition) is 4. The summed E-state index contributed by atoms with van der Waals surface area (Å²) in [7, 11) is -4.18. The molecule has 1 aromatic rings. The molecule has 17 heavy (non-hydrogen) atoms. The Balaban J connectivity index is 3.25. The maximum atomic E-state index is 11.8. The zero-order valence-electron chi connectivity index (χ0n) is 8.74. The number of rotatable bonds is 5. The van der Waals surface area contributed by atoms with Gasteiger partial charge in [0.2, 0.25) is 5.25 Å². The third-order valence-corrected chi connectivity index (χ3v) is 4.06. The van der Waals surface area contributed by atoms with E-state index in [2.05, 4.69) is 6.58 Å². The van der Waals surface area contributed by atoms with Crippen LogP contribution in [0, 0.1) is 0 Å². The normalized spacial score (nSPS) is 12.7. The van der Waals surface area contributed by atoms with Crippen molar-refractivity contribution in [1.82, 2.24) is 0 Å². The fourth-order valence-electron chi connectivity index (χ4n) is 1.20. The lowest BCUT2D eigenvalue weighted by atomic mass is 10.2. The summed E-state index contributed by atoms with van der Waals surface area (Å²) >= 11 is 0. The van der Waals surface area contributed by atoms with Crippen molar-refractivity contribution in [2.24, 2.45) is 0 Å². The molecular formula is C11H10O5S. The number of carbonyl (C=O) groups is 2. The lowest BCUT2D eigenvalue weighted by molar-refractivity contribution is -0.137. The van der Waals surface area contributed by atoms with E-state index in [0.717, 1.165) is 0 Å². The first-order valence-electron chi connectivity index (χ1n) is 4.58. The van der Waals surface area contributed by atoms with Crippen LogP contribution >= 0.6 is 0 Å². The van der Waals surface area contributed by atoms with Gasteiger partial charge in [-0.2, -0.15) is 0 Å². The van der Waals surface area contributed by atoms with Crippen molar-refractivity contribution in [3.05, 3.63) is 36.4 Å². The first-order chi connectivity index (χ1) is 7.93. The standard InChI is InChI=1S/C11H10O5S/c1-2-8-3-5-9(6-4-8)17(15,16)10(7-12)11(13)14/h2-7,10H,1H2,(H,13,14). The molecule has 0 saturated carbocycles. The van der Waals surface area contributed by atoms with E-state index in [0.29, 0.717) is 5.56 Å². The molecule has 0 spiro atoms. The zero-order chi connectivity index (χ0) is 13.1. The molecule has 1 N–H and O–H groups in total. The number of carboxylic acids is 1. The van der Waals surface area contributed by atoms with E-state index in [1.54, 1.807) is 0 Å². The van der Waals surface area contributed by atoms with Crippen molar-refractivity contribution in [2.45, 2.75) is 10.1 Å². The Bertz CT molecular complexity index is 542. The van der Waals surface area contributed by atoms with Gasteiger partial charge in [-0.3, -0.25) is 4.79 Å². The van der Waals surface area contributed by atoms with Crippen molar-refractivity contribution >= 4 is 28.2 Å². The molecule has 1 unspecified atom stereocenters. The van der Waals surface area contributed by atoms with Gasteiger partial charge in [-0.1, -0.05) is 24.8 Å². The molecule has 0 saturated heterocycles. The highest BCUT2D eigenvalue weighted by atomic mass is 32.2. The summed E-state index contributed by atoms with van der Waals surface area (Å²) in [5.74, 6) is -1.69. The number of sulfone groups is 1. The van der Waals surface area contributed by atoms with Gasteiger partial charge >= 0.3 is 5.97 Å². The number of aliphatic carboxylic acids is 1. The van der Waals surface area contributed by atoms with Gasteiger partial charge in [0.25, 0.3) is 0 Å². The van der Waals surface area contributed by atoms with E-state index in [1.165, 1.54) is 30.3 Å². The molecule has 5 nitrogen and oxygen atoms in total. The molecule has 0 bridgehead atoms. The Labute approximate surface area is 98.3 Å². The molecule has 90 valence electrons. The Kier molecular flexibility index (Phi) is 3.80. The van der Waals surface area contributed by atoms with Crippen molar-refractivity contribution in [3.8, 4) is 0 Å². The van der Waals surface area contributed by atoms with Crippen LogP contribution in [0.3, 0.4) is 0 Å². The minimum Gasteiger partial charge on any atom is -0.480 e. The third-order valence-electron chi connectivity index (χ3n) is 2.15. The van der Waals surface area contributed by atoms with Gasteiger partial charge in [0.05, 0.1) is 4.90 Å². The van der Waals surface area contributed by atoms with Crippen LogP contribution < -0.4 is 0 Å². The smallest absolute Gasteiger partial charge is 0.329 e. The minimum atomic E-state index is -4.18. The third kappa shape index (κ3) is 2.59. The topological polar surface area (TPSA) is 88.5 Å². The van der Waals surface area contributed by atoms with Crippen LogP contribution in [-0.4, -0.2) is 31.0 Å². The van der Waals surface area contributed by atoms with Crippen LogP contribution in [0.5, 0.6) is 0 Å². The Morgan fingerprint density at radius 1 is 1.29 bits per heavy atom. The summed E-state index contributed by atoms with van der Waals surface area (Å²) in [5, 5.41) is 6.57. The number of aldehydes is 1. The second-order valence-corrected chi connectivity index (χ2v) is 5.28. The van der Waals surface area contributed by atoms with Crippen molar-refractivity contribution in [3.63, 3.8) is 0 Å². The Morgan fingerprint density at radius 2 is 1.82 bits per heavy atom.